The van der Waals surface area contributed by atoms with Crippen LogP contribution < -0.4 is 0 Å². The van der Waals surface area contributed by atoms with Crippen LogP contribution in [0, 0.1) is 5.92 Å². The number of rotatable bonds is 2. The first-order valence-corrected chi connectivity index (χ1v) is 6.69. The lowest BCUT2D eigenvalue weighted by Gasteiger charge is -2.32. The van der Waals surface area contributed by atoms with E-state index in [-0.39, 0.29) is 37.9 Å². The molecule has 4 nitrogen and oxygen atoms in total. The molecule has 0 spiro atoms. The fourth-order valence-corrected chi connectivity index (χ4v) is 2.32. The zero-order valence-electron chi connectivity index (χ0n) is 11.5. The van der Waals surface area contributed by atoms with Crippen molar-refractivity contribution < 1.29 is 18.0 Å². The van der Waals surface area contributed by atoms with Crippen molar-refractivity contribution >= 4 is 5.91 Å². The fraction of sp³-hybridized carbons (Fsp3) is 0.692. The summed E-state index contributed by atoms with van der Waals surface area (Å²) in [6.45, 7) is 4.18. The molecule has 1 aliphatic heterocycles. The van der Waals surface area contributed by atoms with Gasteiger partial charge in [0.05, 0.1) is 17.7 Å². The topological polar surface area (TPSA) is 38.1 Å². The lowest BCUT2D eigenvalue weighted by Crippen LogP contribution is -2.42. The molecule has 2 rings (SSSR count). The van der Waals surface area contributed by atoms with E-state index in [2.05, 4.69) is 5.10 Å². The molecule has 1 aliphatic rings. The van der Waals surface area contributed by atoms with E-state index in [1.165, 1.54) is 11.1 Å². The molecule has 0 radical (unpaired) electrons. The number of carbonyl (C=O) groups is 1. The van der Waals surface area contributed by atoms with E-state index in [4.69, 9.17) is 0 Å². The quantitative estimate of drug-likeness (QED) is 0.839. The first-order chi connectivity index (χ1) is 9.29. The Kier molecular flexibility index (Phi) is 4.06. The molecule has 1 aromatic rings. The summed E-state index contributed by atoms with van der Waals surface area (Å²) in [7, 11) is 0. The van der Waals surface area contributed by atoms with Crippen LogP contribution in [0.1, 0.15) is 43.1 Å². The summed E-state index contributed by atoms with van der Waals surface area (Å²) >= 11 is 0. The number of nitrogens with zero attached hydrogens (tertiary/aromatic N) is 3. The molecule has 1 aromatic heterocycles. The van der Waals surface area contributed by atoms with Crippen molar-refractivity contribution in [2.24, 2.45) is 5.92 Å². The van der Waals surface area contributed by atoms with E-state index in [1.54, 1.807) is 10.9 Å². The van der Waals surface area contributed by atoms with Crippen LogP contribution in [0.5, 0.6) is 0 Å². The second-order valence-electron chi connectivity index (χ2n) is 5.41. The highest BCUT2D eigenvalue weighted by atomic mass is 19.4. The predicted molar refractivity (Wildman–Crippen MR) is 67.3 cm³/mol. The number of alkyl halides is 3. The van der Waals surface area contributed by atoms with Crippen LogP contribution in [0.3, 0.4) is 0 Å². The number of piperidine rings is 1. The Morgan fingerprint density at radius 3 is 2.40 bits per heavy atom. The molecule has 0 bridgehead atoms. The van der Waals surface area contributed by atoms with Gasteiger partial charge in [0.1, 0.15) is 0 Å². The molecule has 0 aliphatic carbocycles. The van der Waals surface area contributed by atoms with Gasteiger partial charge in [0.2, 0.25) is 0 Å². The maximum atomic E-state index is 12.6. The van der Waals surface area contributed by atoms with Crippen LogP contribution in [0.25, 0.3) is 0 Å². The van der Waals surface area contributed by atoms with Gasteiger partial charge in [-0.25, -0.2) is 0 Å². The monoisotopic (exact) mass is 289 g/mol. The highest BCUT2D eigenvalue weighted by molar-refractivity contribution is 5.93. The van der Waals surface area contributed by atoms with Gasteiger partial charge in [-0.1, -0.05) is 0 Å². The zero-order chi connectivity index (χ0) is 14.9. The van der Waals surface area contributed by atoms with Crippen molar-refractivity contribution in [3.63, 3.8) is 0 Å². The molecule has 112 valence electrons. The molecule has 7 heteroatoms. The van der Waals surface area contributed by atoms with E-state index in [0.717, 1.165) is 0 Å². The molecule has 0 aromatic carbocycles. The molecule has 20 heavy (non-hydrogen) atoms. The van der Waals surface area contributed by atoms with E-state index in [1.807, 2.05) is 13.8 Å². The minimum Gasteiger partial charge on any atom is -0.339 e. The molecule has 1 fully saturated rings. The van der Waals surface area contributed by atoms with Crippen LogP contribution in [-0.2, 0) is 0 Å². The summed E-state index contributed by atoms with van der Waals surface area (Å²) in [6, 6.07) is 0.146. The van der Waals surface area contributed by atoms with Gasteiger partial charge in [-0.15, -0.1) is 0 Å². The molecule has 0 unspecified atom stereocenters. The van der Waals surface area contributed by atoms with Crippen LogP contribution in [0.2, 0.25) is 0 Å². The summed E-state index contributed by atoms with van der Waals surface area (Å²) in [4.78, 5) is 13.7. The number of carbonyl (C=O) groups excluding carboxylic acids is 1. The van der Waals surface area contributed by atoms with Gasteiger partial charge in [0.15, 0.2) is 0 Å². The van der Waals surface area contributed by atoms with Gasteiger partial charge >= 0.3 is 6.18 Å². The van der Waals surface area contributed by atoms with E-state index >= 15 is 0 Å². The van der Waals surface area contributed by atoms with E-state index < -0.39 is 12.1 Å². The number of likely N-dealkylation sites (tertiary alicyclic amines) is 1. The Morgan fingerprint density at radius 1 is 1.35 bits per heavy atom. The third kappa shape index (κ3) is 3.13. The van der Waals surface area contributed by atoms with Gasteiger partial charge in [-0.3, -0.25) is 9.48 Å². The molecule has 2 heterocycles. The molecule has 0 atom stereocenters. The average Bonchev–Trinajstić information content (AvgIpc) is 2.86. The van der Waals surface area contributed by atoms with Gasteiger partial charge in [-0.05, 0) is 26.7 Å². The van der Waals surface area contributed by atoms with Crippen LogP contribution in [0.15, 0.2) is 12.4 Å². The standard InChI is InChI=1S/C13H18F3N3O/c1-9(2)19-8-10(7-17-19)12(20)18-5-3-11(4-6-18)13(14,15)16/h7-9,11H,3-6H2,1-2H3. The summed E-state index contributed by atoms with van der Waals surface area (Å²) in [5.74, 6) is -1.53. The number of hydrogen-bond donors (Lipinski definition) is 0. The Bertz CT molecular complexity index is 473. The molecule has 0 N–H and O–H groups in total. The zero-order valence-corrected chi connectivity index (χ0v) is 11.5. The normalized spacial score (nSPS) is 17.8. The van der Waals surface area contributed by atoms with Crippen molar-refractivity contribution in [1.29, 1.82) is 0 Å². The average molecular weight is 289 g/mol. The van der Waals surface area contributed by atoms with Crippen molar-refractivity contribution in [2.75, 3.05) is 13.1 Å². The highest BCUT2D eigenvalue weighted by Gasteiger charge is 2.41. The first kappa shape index (κ1) is 14.9. The Labute approximate surface area is 115 Å². The second-order valence-corrected chi connectivity index (χ2v) is 5.41. The molecule has 1 amide bonds. The van der Waals surface area contributed by atoms with Crippen LogP contribution in [-0.4, -0.2) is 39.9 Å². The number of hydrogen-bond acceptors (Lipinski definition) is 2. The largest absolute Gasteiger partial charge is 0.391 e. The van der Waals surface area contributed by atoms with Gasteiger partial charge in [-0.2, -0.15) is 18.3 Å². The smallest absolute Gasteiger partial charge is 0.339 e. The molecular weight excluding hydrogens is 271 g/mol. The van der Waals surface area contributed by atoms with Crippen LogP contribution in [0.4, 0.5) is 13.2 Å². The predicted octanol–water partition coefficient (Wildman–Crippen LogP) is 2.88. The first-order valence-electron chi connectivity index (χ1n) is 6.69. The molecular formula is C13H18F3N3O. The fourth-order valence-electron chi connectivity index (χ4n) is 2.32. The lowest BCUT2D eigenvalue weighted by molar-refractivity contribution is -0.183. The SMILES string of the molecule is CC(C)n1cc(C(=O)N2CCC(C(F)(F)F)CC2)cn1. The number of amides is 1. The van der Waals surface area contributed by atoms with Crippen molar-refractivity contribution in [3.8, 4) is 0 Å². The molecule has 0 saturated carbocycles. The maximum Gasteiger partial charge on any atom is 0.391 e. The van der Waals surface area contributed by atoms with Gasteiger partial charge in [0.25, 0.3) is 5.91 Å². The summed E-state index contributed by atoms with van der Waals surface area (Å²) in [5, 5.41) is 4.07. The van der Waals surface area contributed by atoms with Crippen molar-refractivity contribution in [3.05, 3.63) is 18.0 Å². The Hall–Kier alpha value is -1.53. The second kappa shape index (κ2) is 5.46. The van der Waals surface area contributed by atoms with Gasteiger partial charge < -0.3 is 4.90 Å². The molecule has 1 saturated heterocycles. The van der Waals surface area contributed by atoms with E-state index in [0.29, 0.717) is 5.56 Å². The number of halogens is 3. The summed E-state index contributed by atoms with van der Waals surface area (Å²) in [5.41, 5.74) is 0.434. The minimum absolute atomic E-state index is 0.0203. The van der Waals surface area contributed by atoms with Crippen molar-refractivity contribution in [1.82, 2.24) is 14.7 Å². The van der Waals surface area contributed by atoms with E-state index in [9.17, 15) is 18.0 Å². The Morgan fingerprint density at radius 2 is 1.95 bits per heavy atom. The maximum absolute atomic E-state index is 12.6. The van der Waals surface area contributed by atoms with Gasteiger partial charge in [0, 0.05) is 25.3 Å². The lowest BCUT2D eigenvalue weighted by atomic mass is 9.96. The number of aromatic nitrogens is 2. The highest BCUT2D eigenvalue weighted by Crippen LogP contribution is 2.34. The third-order valence-electron chi connectivity index (χ3n) is 3.62. The summed E-state index contributed by atoms with van der Waals surface area (Å²) in [6.07, 6.45) is -1.08. The third-order valence-corrected chi connectivity index (χ3v) is 3.62. The Balaban J connectivity index is 1.98. The van der Waals surface area contributed by atoms with Crippen molar-refractivity contribution in [2.45, 2.75) is 38.9 Å². The summed E-state index contributed by atoms with van der Waals surface area (Å²) < 4.78 is 39.4. The minimum atomic E-state index is -4.16. The van der Waals surface area contributed by atoms with Crippen LogP contribution >= 0.6 is 0 Å².